The summed E-state index contributed by atoms with van der Waals surface area (Å²) >= 11 is 0. The molecule has 10 nitrogen and oxygen atoms in total. The van der Waals surface area contributed by atoms with Gasteiger partial charge in [-0.15, -0.1) is 10.2 Å². The van der Waals surface area contributed by atoms with Crippen molar-refractivity contribution in [2.45, 2.75) is 37.5 Å². The maximum Gasteiger partial charge on any atom is 0.251 e. The summed E-state index contributed by atoms with van der Waals surface area (Å²) in [4.78, 5) is 19.5. The van der Waals surface area contributed by atoms with Gasteiger partial charge in [0, 0.05) is 31.9 Å². The first-order chi connectivity index (χ1) is 14.8. The van der Waals surface area contributed by atoms with Crippen LogP contribution in [0, 0.1) is 6.92 Å². The predicted octanol–water partition coefficient (Wildman–Crippen LogP) is 2.36. The van der Waals surface area contributed by atoms with Crippen LogP contribution >= 0.6 is 0 Å². The molecule has 162 valence electrons. The Morgan fingerprint density at radius 2 is 2.00 bits per heavy atom. The average Bonchev–Trinajstić information content (AvgIpc) is 3.24. The molecule has 0 unspecified atom stereocenters. The Hall–Kier alpha value is -3.18. The van der Waals surface area contributed by atoms with Gasteiger partial charge in [-0.3, -0.25) is 4.79 Å². The van der Waals surface area contributed by atoms with Crippen LogP contribution in [-0.4, -0.2) is 51.9 Å². The summed E-state index contributed by atoms with van der Waals surface area (Å²) in [5.41, 5.74) is 1.92. The second-order valence-corrected chi connectivity index (χ2v) is 9.31. The lowest BCUT2D eigenvalue weighted by molar-refractivity contribution is -0.114. The highest BCUT2D eigenvalue weighted by atomic mass is 32.2. The maximum absolute atomic E-state index is 13.1. The molecule has 3 aromatic rings. The van der Waals surface area contributed by atoms with Crippen molar-refractivity contribution in [2.24, 2.45) is 0 Å². The summed E-state index contributed by atoms with van der Waals surface area (Å²) < 4.78 is 33.5. The summed E-state index contributed by atoms with van der Waals surface area (Å²) in [7, 11) is -3.69. The van der Waals surface area contributed by atoms with Crippen molar-refractivity contribution in [1.29, 1.82) is 0 Å². The number of hydrogen-bond acceptors (Lipinski definition) is 8. The highest BCUT2D eigenvalue weighted by Gasteiger charge is 2.33. The number of nitrogens with zero attached hydrogens (tertiary/aromatic N) is 5. The zero-order valence-electron chi connectivity index (χ0n) is 17.1. The summed E-state index contributed by atoms with van der Waals surface area (Å²) in [6.07, 6.45) is 4.49. The van der Waals surface area contributed by atoms with Gasteiger partial charge in [-0.1, -0.05) is 0 Å². The van der Waals surface area contributed by atoms with E-state index in [9.17, 15) is 13.2 Å². The summed E-state index contributed by atoms with van der Waals surface area (Å²) in [6.45, 7) is 3.89. The number of rotatable bonds is 5. The first-order valence-corrected chi connectivity index (χ1v) is 11.3. The minimum atomic E-state index is -3.69. The smallest absolute Gasteiger partial charge is 0.251 e. The fourth-order valence-electron chi connectivity index (χ4n) is 3.53. The number of benzene rings is 1. The molecule has 11 heteroatoms. The molecule has 2 aromatic heterocycles. The second-order valence-electron chi connectivity index (χ2n) is 7.38. The Labute approximate surface area is 179 Å². The first-order valence-electron chi connectivity index (χ1n) is 9.83. The van der Waals surface area contributed by atoms with Gasteiger partial charge in [-0.25, -0.2) is 18.4 Å². The van der Waals surface area contributed by atoms with E-state index in [-0.39, 0.29) is 23.3 Å². The van der Waals surface area contributed by atoms with Crippen LogP contribution < -0.4 is 5.32 Å². The molecule has 1 fully saturated rings. The van der Waals surface area contributed by atoms with Gasteiger partial charge in [0.1, 0.15) is 6.33 Å². The largest absolute Gasteiger partial charge is 0.420 e. The van der Waals surface area contributed by atoms with Crippen LogP contribution in [0.25, 0.3) is 11.5 Å². The standard InChI is InChI=1S/C20H22N6O4S/c1-13-18(10-21-12-22-13)20-25-24-19(30-20)15-4-3-9-26(11-15)31(28,29)17-7-5-16(6-8-17)23-14(2)27/h5-8,10,12,15H,3-4,9,11H2,1-2H3,(H,23,27)/t15-/m1/s1. The molecule has 0 saturated carbocycles. The van der Waals surface area contributed by atoms with E-state index in [4.69, 9.17) is 4.42 Å². The number of hydrogen-bond donors (Lipinski definition) is 1. The number of amides is 1. The molecule has 1 aromatic carbocycles. The highest BCUT2D eigenvalue weighted by molar-refractivity contribution is 7.89. The van der Waals surface area contributed by atoms with Crippen LogP contribution in [0.3, 0.4) is 0 Å². The lowest BCUT2D eigenvalue weighted by Crippen LogP contribution is -2.39. The third-order valence-corrected chi connectivity index (χ3v) is 7.01. The van der Waals surface area contributed by atoms with Crippen molar-refractivity contribution in [3.05, 3.63) is 48.4 Å². The maximum atomic E-state index is 13.1. The van der Waals surface area contributed by atoms with Crippen LogP contribution in [0.5, 0.6) is 0 Å². The number of aromatic nitrogens is 4. The number of carbonyl (C=O) groups excluding carboxylic acids is 1. The van der Waals surface area contributed by atoms with Crippen molar-refractivity contribution < 1.29 is 17.6 Å². The Kier molecular flexibility index (Phi) is 5.79. The number of carbonyl (C=O) groups is 1. The van der Waals surface area contributed by atoms with E-state index in [0.29, 0.717) is 36.0 Å². The minimum absolute atomic E-state index is 0.172. The summed E-state index contributed by atoms with van der Waals surface area (Å²) in [5.74, 6) is 0.305. The lowest BCUT2D eigenvalue weighted by atomic mass is 10.00. The molecule has 0 bridgehead atoms. The molecule has 3 heterocycles. The quantitative estimate of drug-likeness (QED) is 0.637. The molecular formula is C20H22N6O4S. The molecule has 0 aliphatic carbocycles. The molecular weight excluding hydrogens is 420 g/mol. The molecule has 31 heavy (non-hydrogen) atoms. The molecule has 1 amide bonds. The van der Waals surface area contributed by atoms with E-state index in [1.165, 1.54) is 29.7 Å². The van der Waals surface area contributed by atoms with Gasteiger partial charge in [0.25, 0.3) is 5.89 Å². The Bertz CT molecular complexity index is 1190. The average molecular weight is 443 g/mol. The second kappa shape index (κ2) is 8.52. The number of nitrogens with one attached hydrogen (secondary N) is 1. The highest BCUT2D eigenvalue weighted by Crippen LogP contribution is 2.31. The molecule has 1 N–H and O–H groups in total. The molecule has 0 radical (unpaired) electrons. The van der Waals surface area contributed by atoms with Crippen LogP contribution in [0.2, 0.25) is 0 Å². The fourth-order valence-corrected chi connectivity index (χ4v) is 5.06. The molecule has 4 rings (SSSR count). The third kappa shape index (κ3) is 4.47. The monoisotopic (exact) mass is 442 g/mol. The van der Waals surface area contributed by atoms with Crippen LogP contribution in [0.1, 0.15) is 37.3 Å². The number of piperidine rings is 1. The van der Waals surface area contributed by atoms with Gasteiger partial charge in [0.15, 0.2) is 0 Å². The van der Waals surface area contributed by atoms with Crippen LogP contribution in [-0.2, 0) is 14.8 Å². The first kappa shape index (κ1) is 21.1. The summed E-state index contributed by atoms with van der Waals surface area (Å²) in [6, 6.07) is 6.13. The number of sulfonamides is 1. The van der Waals surface area contributed by atoms with E-state index in [1.54, 1.807) is 18.3 Å². The number of anilines is 1. The van der Waals surface area contributed by atoms with Gasteiger partial charge in [-0.2, -0.15) is 4.31 Å². The molecule has 1 atom stereocenters. The van der Waals surface area contributed by atoms with Gasteiger partial charge in [0.05, 0.1) is 22.1 Å². The van der Waals surface area contributed by atoms with Crippen molar-refractivity contribution in [3.63, 3.8) is 0 Å². The third-order valence-electron chi connectivity index (χ3n) is 5.13. The predicted molar refractivity (Wildman–Crippen MR) is 112 cm³/mol. The SMILES string of the molecule is CC(=O)Nc1ccc(S(=O)(=O)N2CCC[C@@H](c3nnc(-c4cncnc4C)o3)C2)cc1. The van der Waals surface area contributed by atoms with E-state index >= 15 is 0 Å². The molecule has 1 aliphatic rings. The van der Waals surface area contributed by atoms with Crippen LogP contribution in [0.4, 0.5) is 5.69 Å². The molecule has 1 saturated heterocycles. The zero-order valence-corrected chi connectivity index (χ0v) is 18.0. The fraction of sp³-hybridized carbons (Fsp3) is 0.350. The van der Waals surface area contributed by atoms with Gasteiger partial charge < -0.3 is 9.73 Å². The van der Waals surface area contributed by atoms with Crippen LogP contribution in [0.15, 0.2) is 46.1 Å². The van der Waals surface area contributed by atoms with E-state index in [1.807, 2.05) is 6.92 Å². The van der Waals surface area contributed by atoms with Gasteiger partial charge in [-0.05, 0) is 44.0 Å². The van der Waals surface area contributed by atoms with Gasteiger partial charge in [0.2, 0.25) is 21.8 Å². The van der Waals surface area contributed by atoms with E-state index in [0.717, 1.165) is 12.1 Å². The van der Waals surface area contributed by atoms with Gasteiger partial charge >= 0.3 is 0 Å². The number of aryl methyl sites for hydroxylation is 1. The Morgan fingerprint density at radius 1 is 1.23 bits per heavy atom. The van der Waals surface area contributed by atoms with Crippen molar-refractivity contribution in [1.82, 2.24) is 24.5 Å². The normalized spacial score (nSPS) is 17.4. The topological polar surface area (TPSA) is 131 Å². The summed E-state index contributed by atoms with van der Waals surface area (Å²) in [5, 5.41) is 10.9. The molecule has 0 spiro atoms. The minimum Gasteiger partial charge on any atom is -0.420 e. The zero-order chi connectivity index (χ0) is 22.0. The lowest BCUT2D eigenvalue weighted by Gasteiger charge is -2.30. The van der Waals surface area contributed by atoms with Crippen molar-refractivity contribution >= 4 is 21.6 Å². The Morgan fingerprint density at radius 3 is 2.71 bits per heavy atom. The molecule has 1 aliphatic heterocycles. The van der Waals surface area contributed by atoms with E-state index in [2.05, 4.69) is 25.5 Å². The van der Waals surface area contributed by atoms with E-state index < -0.39 is 10.0 Å². The Balaban J connectivity index is 1.52. The van der Waals surface area contributed by atoms with Crippen molar-refractivity contribution in [2.75, 3.05) is 18.4 Å². The van der Waals surface area contributed by atoms with Crippen molar-refractivity contribution in [3.8, 4) is 11.5 Å².